The van der Waals surface area contributed by atoms with E-state index >= 15 is 0 Å². The zero-order chi connectivity index (χ0) is 15.6. The van der Waals surface area contributed by atoms with E-state index in [4.69, 9.17) is 5.26 Å². The third-order valence-electron chi connectivity index (χ3n) is 2.52. The molecule has 4 nitrogen and oxygen atoms in total. The number of halogens is 3. The minimum Gasteiger partial charge on any atom is -0.274 e. The molecule has 0 fully saturated rings. The summed E-state index contributed by atoms with van der Waals surface area (Å²) in [4.78, 5) is -0.343. The lowest BCUT2D eigenvalue weighted by Crippen LogP contribution is -2.15. The second kappa shape index (κ2) is 5.46. The summed E-state index contributed by atoms with van der Waals surface area (Å²) in [6.45, 7) is 0. The molecule has 21 heavy (non-hydrogen) atoms. The zero-order valence-electron chi connectivity index (χ0n) is 10.3. The van der Waals surface area contributed by atoms with E-state index in [9.17, 15) is 21.6 Å². The predicted octanol–water partition coefficient (Wildman–Crippen LogP) is 2.78. The summed E-state index contributed by atoms with van der Waals surface area (Å²) in [5, 5.41) is 8.71. The van der Waals surface area contributed by atoms with E-state index in [1.54, 1.807) is 10.8 Å². The van der Waals surface area contributed by atoms with Crippen molar-refractivity contribution in [2.45, 2.75) is 4.90 Å². The number of sulfonamides is 1. The van der Waals surface area contributed by atoms with Gasteiger partial charge in [-0.1, -0.05) is 6.07 Å². The van der Waals surface area contributed by atoms with Crippen LogP contribution in [-0.2, 0) is 10.0 Å². The largest absolute Gasteiger partial charge is 0.274 e. The zero-order valence-corrected chi connectivity index (χ0v) is 11.1. The molecule has 0 saturated carbocycles. The van der Waals surface area contributed by atoms with Crippen LogP contribution in [0.2, 0.25) is 0 Å². The van der Waals surface area contributed by atoms with Crippen LogP contribution in [0.25, 0.3) is 0 Å². The molecule has 0 aromatic heterocycles. The molecule has 0 aliphatic rings. The van der Waals surface area contributed by atoms with Crippen molar-refractivity contribution >= 4 is 15.7 Å². The molecular formula is C13H7F3N2O2S. The maximum absolute atomic E-state index is 13.4. The quantitative estimate of drug-likeness (QED) is 0.947. The van der Waals surface area contributed by atoms with Gasteiger partial charge < -0.3 is 0 Å². The number of hydrogen-bond acceptors (Lipinski definition) is 3. The Morgan fingerprint density at radius 3 is 2.24 bits per heavy atom. The number of nitrogens with zero attached hydrogens (tertiary/aromatic N) is 1. The van der Waals surface area contributed by atoms with Crippen molar-refractivity contribution in [2.75, 3.05) is 4.72 Å². The minimum absolute atomic E-state index is 0.0675. The minimum atomic E-state index is -4.31. The highest BCUT2D eigenvalue weighted by atomic mass is 32.2. The SMILES string of the molecule is N#Cc1cccc(S(=O)(=O)Nc2c(F)cc(F)cc2F)c1. The molecule has 8 heteroatoms. The third kappa shape index (κ3) is 3.14. The van der Waals surface area contributed by atoms with Crippen molar-refractivity contribution in [3.05, 3.63) is 59.4 Å². The summed E-state index contributed by atoms with van der Waals surface area (Å²) >= 11 is 0. The van der Waals surface area contributed by atoms with Gasteiger partial charge in [-0.3, -0.25) is 4.72 Å². The standard InChI is InChI=1S/C13H7F3N2O2S/c14-9-5-11(15)13(12(16)6-9)18-21(19,20)10-3-1-2-8(4-10)7-17/h1-6,18H. The van der Waals surface area contributed by atoms with E-state index in [2.05, 4.69) is 0 Å². The molecule has 2 aromatic carbocycles. The van der Waals surface area contributed by atoms with Gasteiger partial charge in [0.05, 0.1) is 16.5 Å². The van der Waals surface area contributed by atoms with Gasteiger partial charge >= 0.3 is 0 Å². The Hall–Kier alpha value is -2.53. The van der Waals surface area contributed by atoms with Gasteiger partial charge in [0.2, 0.25) is 0 Å². The van der Waals surface area contributed by atoms with Crippen LogP contribution in [-0.4, -0.2) is 8.42 Å². The Kier molecular flexibility index (Phi) is 3.86. The molecule has 0 atom stereocenters. The summed E-state index contributed by atoms with van der Waals surface area (Å²) in [5.41, 5.74) is -0.920. The molecular weight excluding hydrogens is 305 g/mol. The first-order valence-corrected chi connectivity index (χ1v) is 6.99. The fourth-order valence-electron chi connectivity index (χ4n) is 1.57. The van der Waals surface area contributed by atoms with Gasteiger partial charge in [0.15, 0.2) is 11.6 Å². The Labute approximate surface area is 118 Å². The second-order valence-electron chi connectivity index (χ2n) is 3.99. The number of anilines is 1. The van der Waals surface area contributed by atoms with Crippen LogP contribution in [0.3, 0.4) is 0 Å². The lowest BCUT2D eigenvalue weighted by Gasteiger charge is -2.10. The van der Waals surface area contributed by atoms with E-state index in [0.717, 1.165) is 12.1 Å². The van der Waals surface area contributed by atoms with Gasteiger partial charge in [0.25, 0.3) is 10.0 Å². The van der Waals surface area contributed by atoms with E-state index in [0.29, 0.717) is 12.1 Å². The number of rotatable bonds is 3. The van der Waals surface area contributed by atoms with Crippen molar-refractivity contribution in [3.63, 3.8) is 0 Å². The first-order valence-electron chi connectivity index (χ1n) is 5.51. The summed E-state index contributed by atoms with van der Waals surface area (Å²) in [6, 6.07) is 7.33. The van der Waals surface area contributed by atoms with E-state index < -0.39 is 33.2 Å². The van der Waals surface area contributed by atoms with Crippen molar-refractivity contribution in [3.8, 4) is 6.07 Å². The van der Waals surface area contributed by atoms with Gasteiger partial charge in [-0.05, 0) is 18.2 Å². The smallest absolute Gasteiger partial charge is 0.262 e. The van der Waals surface area contributed by atoms with Crippen LogP contribution in [0, 0.1) is 28.8 Å². The summed E-state index contributed by atoms with van der Waals surface area (Å²) < 4.78 is 65.4. The molecule has 1 N–H and O–H groups in total. The molecule has 0 radical (unpaired) electrons. The monoisotopic (exact) mass is 312 g/mol. The molecule has 0 aliphatic heterocycles. The molecule has 108 valence electrons. The molecule has 2 aromatic rings. The molecule has 0 amide bonds. The lowest BCUT2D eigenvalue weighted by molar-refractivity contribution is 0.547. The van der Waals surface area contributed by atoms with Crippen LogP contribution in [0.1, 0.15) is 5.56 Å². The van der Waals surface area contributed by atoms with E-state index in [1.807, 2.05) is 0 Å². The second-order valence-corrected chi connectivity index (χ2v) is 5.67. The van der Waals surface area contributed by atoms with E-state index in [1.165, 1.54) is 12.1 Å². The third-order valence-corrected chi connectivity index (χ3v) is 3.86. The normalized spacial score (nSPS) is 11.0. The molecule has 0 aliphatic carbocycles. The number of hydrogen-bond donors (Lipinski definition) is 1. The van der Waals surface area contributed by atoms with Crippen LogP contribution in [0.4, 0.5) is 18.9 Å². The number of nitriles is 1. The Bertz CT molecular complexity index is 822. The van der Waals surface area contributed by atoms with E-state index in [-0.39, 0.29) is 10.5 Å². The van der Waals surface area contributed by atoms with Crippen molar-refractivity contribution in [1.29, 1.82) is 5.26 Å². The molecule has 0 unspecified atom stereocenters. The highest BCUT2D eigenvalue weighted by Gasteiger charge is 2.20. The van der Waals surface area contributed by atoms with Crippen molar-refractivity contribution < 1.29 is 21.6 Å². The maximum atomic E-state index is 13.4. The first kappa shape index (κ1) is 14.9. The molecule has 0 heterocycles. The summed E-state index contributed by atoms with van der Waals surface area (Å²) in [5.74, 6) is -3.93. The topological polar surface area (TPSA) is 70.0 Å². The molecule has 0 bridgehead atoms. The van der Waals surface area contributed by atoms with Crippen LogP contribution >= 0.6 is 0 Å². The Balaban J connectivity index is 2.45. The van der Waals surface area contributed by atoms with Gasteiger partial charge in [0, 0.05) is 12.1 Å². The fourth-order valence-corrected chi connectivity index (χ4v) is 2.69. The van der Waals surface area contributed by atoms with Gasteiger partial charge in [-0.2, -0.15) is 5.26 Å². The van der Waals surface area contributed by atoms with Crippen LogP contribution < -0.4 is 4.72 Å². The predicted molar refractivity (Wildman–Crippen MR) is 68.3 cm³/mol. The van der Waals surface area contributed by atoms with Gasteiger partial charge in [0.1, 0.15) is 11.5 Å². The highest BCUT2D eigenvalue weighted by molar-refractivity contribution is 7.92. The van der Waals surface area contributed by atoms with Crippen LogP contribution in [0.15, 0.2) is 41.3 Å². The van der Waals surface area contributed by atoms with Gasteiger partial charge in [-0.25, -0.2) is 21.6 Å². The Morgan fingerprint density at radius 2 is 1.67 bits per heavy atom. The fraction of sp³-hybridized carbons (Fsp3) is 0. The first-order chi connectivity index (χ1) is 9.83. The maximum Gasteiger partial charge on any atom is 0.262 e. The highest BCUT2D eigenvalue weighted by Crippen LogP contribution is 2.23. The number of benzene rings is 2. The van der Waals surface area contributed by atoms with Crippen LogP contribution in [0.5, 0.6) is 0 Å². The molecule has 0 spiro atoms. The average Bonchev–Trinajstić information content (AvgIpc) is 2.43. The van der Waals surface area contributed by atoms with Crippen molar-refractivity contribution in [1.82, 2.24) is 0 Å². The molecule has 2 rings (SSSR count). The summed E-state index contributed by atoms with van der Waals surface area (Å²) in [7, 11) is -4.31. The van der Waals surface area contributed by atoms with Gasteiger partial charge in [-0.15, -0.1) is 0 Å². The van der Waals surface area contributed by atoms with Crippen molar-refractivity contribution in [2.24, 2.45) is 0 Å². The average molecular weight is 312 g/mol. The molecule has 0 saturated heterocycles. The summed E-state index contributed by atoms with van der Waals surface area (Å²) in [6.07, 6.45) is 0. The lowest BCUT2D eigenvalue weighted by atomic mass is 10.2. The Morgan fingerprint density at radius 1 is 1.05 bits per heavy atom. The number of nitrogens with one attached hydrogen (secondary N) is 1.